The van der Waals surface area contributed by atoms with Crippen molar-refractivity contribution in [2.24, 2.45) is 0 Å². The highest BCUT2D eigenvalue weighted by Gasteiger charge is 2.35. The molecule has 2 amide bonds. The van der Waals surface area contributed by atoms with Gasteiger partial charge in [0.1, 0.15) is 5.69 Å². The molecule has 8 nitrogen and oxygen atoms in total. The summed E-state index contributed by atoms with van der Waals surface area (Å²) in [5.74, 6) is -0.834. The summed E-state index contributed by atoms with van der Waals surface area (Å²) in [7, 11) is -3.91. The van der Waals surface area contributed by atoms with Crippen molar-refractivity contribution >= 4 is 21.7 Å². The maximum atomic E-state index is 12.7. The molecule has 0 aliphatic carbocycles. The van der Waals surface area contributed by atoms with Gasteiger partial charge in [-0.3, -0.25) is 14.5 Å². The topological polar surface area (TPSA) is 110 Å². The van der Waals surface area contributed by atoms with Crippen LogP contribution in [-0.2, 0) is 16.3 Å². The van der Waals surface area contributed by atoms with Crippen LogP contribution in [0.25, 0.3) is 0 Å². The van der Waals surface area contributed by atoms with Crippen molar-refractivity contribution < 1.29 is 22.6 Å². The van der Waals surface area contributed by atoms with Crippen molar-refractivity contribution in [2.75, 3.05) is 6.54 Å². The zero-order valence-corrected chi connectivity index (χ0v) is 14.7. The molecule has 3 aromatic rings. The van der Waals surface area contributed by atoms with Crippen molar-refractivity contribution in [3.63, 3.8) is 0 Å². The molecule has 2 heterocycles. The van der Waals surface area contributed by atoms with Gasteiger partial charge in [0, 0.05) is 13.0 Å². The van der Waals surface area contributed by atoms with Gasteiger partial charge in [-0.1, -0.05) is 35.5 Å². The molecule has 136 valence electrons. The van der Waals surface area contributed by atoms with Crippen molar-refractivity contribution in [1.82, 2.24) is 15.2 Å². The standard InChI is InChI=1S/C18H13N3O5S/c22-17-13-8-4-5-9-14(13)18(23)21(17)11-10-15-16(20-26-19-15)27(24,25)12-6-2-1-3-7-12/h1-9H,10-11H2. The molecule has 0 saturated carbocycles. The molecular weight excluding hydrogens is 370 g/mol. The van der Waals surface area contributed by atoms with E-state index in [1.54, 1.807) is 42.5 Å². The molecule has 0 saturated heterocycles. The number of rotatable bonds is 5. The molecule has 27 heavy (non-hydrogen) atoms. The molecule has 0 bridgehead atoms. The van der Waals surface area contributed by atoms with E-state index in [1.165, 1.54) is 12.1 Å². The zero-order valence-electron chi connectivity index (χ0n) is 13.9. The summed E-state index contributed by atoms with van der Waals surface area (Å²) in [5, 5.41) is 6.86. The van der Waals surface area contributed by atoms with Gasteiger partial charge in [-0.15, -0.1) is 0 Å². The minimum absolute atomic E-state index is 0.0103. The number of carbonyl (C=O) groups is 2. The van der Waals surface area contributed by atoms with Crippen LogP contribution >= 0.6 is 0 Å². The van der Waals surface area contributed by atoms with E-state index < -0.39 is 21.7 Å². The van der Waals surface area contributed by atoms with Gasteiger partial charge in [-0.25, -0.2) is 13.0 Å². The quantitative estimate of drug-likeness (QED) is 0.617. The van der Waals surface area contributed by atoms with E-state index in [0.717, 1.165) is 4.90 Å². The van der Waals surface area contributed by atoms with Gasteiger partial charge in [0.25, 0.3) is 11.8 Å². The van der Waals surface area contributed by atoms with Gasteiger partial charge in [-0.05, 0) is 29.4 Å². The Kier molecular flexibility index (Phi) is 4.08. The molecular formula is C18H13N3O5S. The summed E-state index contributed by atoms with van der Waals surface area (Å²) >= 11 is 0. The first-order valence-corrected chi connectivity index (χ1v) is 9.55. The van der Waals surface area contributed by atoms with Crippen LogP contribution in [0.1, 0.15) is 26.4 Å². The van der Waals surface area contributed by atoms with E-state index in [2.05, 4.69) is 14.9 Å². The number of sulfone groups is 1. The summed E-state index contributed by atoms with van der Waals surface area (Å²) in [5.41, 5.74) is 0.728. The largest absolute Gasteiger partial charge is 0.274 e. The molecule has 0 unspecified atom stereocenters. The summed E-state index contributed by atoms with van der Waals surface area (Å²) < 4.78 is 30.0. The molecule has 9 heteroatoms. The van der Waals surface area contributed by atoms with Crippen LogP contribution in [0.4, 0.5) is 0 Å². The smallest absolute Gasteiger partial charge is 0.261 e. The van der Waals surface area contributed by atoms with Crippen molar-refractivity contribution in [2.45, 2.75) is 16.3 Å². The number of fused-ring (bicyclic) bond motifs is 1. The second kappa shape index (κ2) is 6.44. The van der Waals surface area contributed by atoms with Gasteiger partial charge >= 0.3 is 0 Å². The van der Waals surface area contributed by atoms with Gasteiger partial charge in [-0.2, -0.15) is 0 Å². The fourth-order valence-corrected chi connectivity index (χ4v) is 4.25. The van der Waals surface area contributed by atoms with Crippen molar-refractivity contribution in [1.29, 1.82) is 0 Å². The monoisotopic (exact) mass is 383 g/mol. The third kappa shape index (κ3) is 2.81. The first-order chi connectivity index (χ1) is 13.0. The predicted octanol–water partition coefficient (Wildman–Crippen LogP) is 1.74. The van der Waals surface area contributed by atoms with Crippen LogP contribution in [0.2, 0.25) is 0 Å². The molecule has 1 aliphatic rings. The Morgan fingerprint density at radius 3 is 2.07 bits per heavy atom. The van der Waals surface area contributed by atoms with Crippen molar-refractivity contribution in [3.05, 3.63) is 71.4 Å². The molecule has 1 aromatic heterocycles. The third-order valence-corrected chi connectivity index (χ3v) is 5.99. The fourth-order valence-electron chi connectivity index (χ4n) is 2.93. The average molecular weight is 383 g/mol. The molecule has 2 aromatic carbocycles. The highest BCUT2D eigenvalue weighted by molar-refractivity contribution is 7.91. The van der Waals surface area contributed by atoms with Gasteiger partial charge in [0.2, 0.25) is 14.9 Å². The summed E-state index contributed by atoms with van der Waals surface area (Å²) in [6.07, 6.45) is 0.0103. The maximum Gasteiger partial charge on any atom is 0.261 e. The lowest BCUT2D eigenvalue weighted by atomic mass is 10.1. The van der Waals surface area contributed by atoms with Gasteiger partial charge in [0.15, 0.2) is 0 Å². The number of benzene rings is 2. The second-order valence-corrected chi connectivity index (χ2v) is 7.76. The lowest BCUT2D eigenvalue weighted by Gasteiger charge is -2.12. The van der Waals surface area contributed by atoms with Crippen LogP contribution in [0, 0.1) is 0 Å². The Hall–Kier alpha value is -3.33. The predicted molar refractivity (Wildman–Crippen MR) is 91.7 cm³/mol. The molecule has 0 spiro atoms. The lowest BCUT2D eigenvalue weighted by Crippen LogP contribution is -2.32. The highest BCUT2D eigenvalue weighted by Crippen LogP contribution is 2.25. The zero-order chi connectivity index (χ0) is 19.0. The van der Waals surface area contributed by atoms with Crippen LogP contribution in [0.15, 0.2) is 69.1 Å². The number of carbonyl (C=O) groups excluding carboxylic acids is 2. The van der Waals surface area contributed by atoms with E-state index in [9.17, 15) is 18.0 Å². The van der Waals surface area contributed by atoms with Gasteiger partial charge in [0.05, 0.1) is 16.0 Å². The molecule has 0 atom stereocenters. The first-order valence-electron chi connectivity index (χ1n) is 8.07. The Balaban J connectivity index is 1.58. The minimum Gasteiger partial charge on any atom is -0.274 e. The van der Waals surface area contributed by atoms with E-state index in [0.29, 0.717) is 11.1 Å². The Morgan fingerprint density at radius 1 is 0.852 bits per heavy atom. The van der Waals surface area contributed by atoms with Crippen LogP contribution in [0.5, 0.6) is 0 Å². The number of amides is 2. The average Bonchev–Trinajstić information content (AvgIpc) is 3.26. The number of hydrogen-bond acceptors (Lipinski definition) is 7. The Morgan fingerprint density at radius 2 is 1.44 bits per heavy atom. The minimum atomic E-state index is -3.91. The summed E-state index contributed by atoms with van der Waals surface area (Å²) in [6.45, 7) is -0.0299. The number of aromatic nitrogens is 2. The first kappa shape index (κ1) is 17.1. The second-order valence-electron chi connectivity index (χ2n) is 5.89. The normalized spacial score (nSPS) is 13.9. The number of nitrogens with zero attached hydrogens (tertiary/aromatic N) is 3. The maximum absolute atomic E-state index is 12.7. The van der Waals surface area contributed by atoms with E-state index in [4.69, 9.17) is 0 Å². The lowest BCUT2D eigenvalue weighted by molar-refractivity contribution is 0.0655. The number of imide groups is 1. The van der Waals surface area contributed by atoms with Crippen LogP contribution in [0.3, 0.4) is 0 Å². The fraction of sp³-hybridized carbons (Fsp3) is 0.111. The molecule has 1 aliphatic heterocycles. The van der Waals surface area contributed by atoms with Crippen LogP contribution in [-0.4, -0.2) is 42.0 Å². The van der Waals surface area contributed by atoms with Crippen LogP contribution < -0.4 is 0 Å². The summed E-state index contributed by atoms with van der Waals surface area (Å²) in [6, 6.07) is 14.3. The third-order valence-electron chi connectivity index (χ3n) is 4.28. The van der Waals surface area contributed by atoms with Gasteiger partial charge < -0.3 is 0 Å². The molecule has 0 radical (unpaired) electrons. The van der Waals surface area contributed by atoms with Crippen molar-refractivity contribution in [3.8, 4) is 0 Å². The summed E-state index contributed by atoms with van der Waals surface area (Å²) in [4.78, 5) is 25.9. The molecule has 0 N–H and O–H groups in total. The highest BCUT2D eigenvalue weighted by atomic mass is 32.2. The Labute approximate surface area is 154 Å². The Bertz CT molecular complexity index is 1100. The molecule has 0 fully saturated rings. The van der Waals surface area contributed by atoms with E-state index in [-0.39, 0.29) is 28.6 Å². The van der Waals surface area contributed by atoms with E-state index in [1.807, 2.05) is 0 Å². The van der Waals surface area contributed by atoms with E-state index >= 15 is 0 Å². The molecule has 4 rings (SSSR count). The number of hydrogen-bond donors (Lipinski definition) is 0. The SMILES string of the molecule is O=C1c2ccccc2C(=O)N1CCc1nonc1S(=O)(=O)c1ccccc1.